The molecule has 0 atom stereocenters. The van der Waals surface area contributed by atoms with Gasteiger partial charge in [0.05, 0.1) is 19.8 Å². The Labute approximate surface area is 185 Å². The summed E-state index contributed by atoms with van der Waals surface area (Å²) < 4.78 is 22.0. The highest BCUT2D eigenvalue weighted by Crippen LogP contribution is 2.42. The maximum absolute atomic E-state index is 12.9. The highest BCUT2D eigenvalue weighted by molar-refractivity contribution is 5.75. The molecule has 9 nitrogen and oxygen atoms in total. The Morgan fingerprint density at radius 3 is 1.45 bits per heavy atom. The normalized spacial score (nSPS) is 11.2. The van der Waals surface area contributed by atoms with Gasteiger partial charge in [-0.2, -0.15) is 4.98 Å². The number of amides is 2. The van der Waals surface area contributed by atoms with Gasteiger partial charge in [0.1, 0.15) is 0 Å². The average Bonchev–Trinajstić information content (AvgIpc) is 2.63. The maximum atomic E-state index is 12.9. The van der Waals surface area contributed by atoms with Crippen LogP contribution < -0.4 is 18.9 Å². The first-order chi connectivity index (χ1) is 14.4. The molecule has 0 N–H and O–H groups in total. The molecule has 0 fully saturated rings. The minimum absolute atomic E-state index is 0.0163. The van der Waals surface area contributed by atoms with Gasteiger partial charge in [0.2, 0.25) is 11.6 Å². The SMILES string of the molecule is COc1nc(OC(=O)N(C(C)C)C(C)C)c(C)c(OC(=O)N(C(C)C)C(C)C)c1OC. The van der Waals surface area contributed by atoms with Crippen molar-refractivity contribution < 1.29 is 28.5 Å². The summed E-state index contributed by atoms with van der Waals surface area (Å²) in [6, 6.07) is -0.303. The fraction of sp³-hybridized carbons (Fsp3) is 0.682. The highest BCUT2D eigenvalue weighted by Gasteiger charge is 2.30. The topological polar surface area (TPSA) is 90.4 Å². The van der Waals surface area contributed by atoms with E-state index in [4.69, 9.17) is 18.9 Å². The number of nitrogens with zero attached hydrogens (tertiary/aromatic N) is 3. The molecule has 2 amide bonds. The Morgan fingerprint density at radius 2 is 1.10 bits per heavy atom. The zero-order valence-electron chi connectivity index (χ0n) is 20.6. The number of aromatic nitrogens is 1. The molecule has 0 radical (unpaired) electrons. The van der Waals surface area contributed by atoms with Gasteiger partial charge in [-0.15, -0.1) is 0 Å². The lowest BCUT2D eigenvalue weighted by Gasteiger charge is -2.30. The van der Waals surface area contributed by atoms with Crippen LogP contribution >= 0.6 is 0 Å². The number of hydrogen-bond acceptors (Lipinski definition) is 7. The molecule has 0 unspecified atom stereocenters. The Balaban J connectivity index is 3.45. The summed E-state index contributed by atoms with van der Waals surface area (Å²) in [6.45, 7) is 16.8. The third-order valence-electron chi connectivity index (χ3n) is 4.68. The van der Waals surface area contributed by atoms with Gasteiger partial charge in [0.15, 0.2) is 5.75 Å². The third-order valence-corrected chi connectivity index (χ3v) is 4.68. The van der Waals surface area contributed by atoms with Crippen molar-refractivity contribution in [1.82, 2.24) is 14.8 Å². The molecule has 0 saturated heterocycles. The van der Waals surface area contributed by atoms with E-state index in [-0.39, 0.29) is 47.4 Å². The molecule has 0 aliphatic rings. The molecule has 0 aliphatic heterocycles. The molecule has 0 aromatic carbocycles. The zero-order chi connectivity index (χ0) is 24.0. The van der Waals surface area contributed by atoms with Crippen molar-refractivity contribution in [2.75, 3.05) is 14.2 Å². The molecular formula is C22H37N3O6. The molecule has 1 rings (SSSR count). The standard InChI is InChI=1S/C22H37N3O6/c1-12(2)24(13(3)4)21(26)30-17-16(9)19(23-20(29-11)18(17)28-10)31-22(27)25(14(5)6)15(7)8/h12-15H,1-11H3. The smallest absolute Gasteiger partial charge is 0.417 e. The maximum Gasteiger partial charge on any atom is 0.417 e. The van der Waals surface area contributed by atoms with Crippen molar-refractivity contribution in [2.45, 2.75) is 86.5 Å². The lowest BCUT2D eigenvalue weighted by molar-refractivity contribution is 0.118. The summed E-state index contributed by atoms with van der Waals surface area (Å²) in [5.41, 5.74) is 0.347. The fourth-order valence-corrected chi connectivity index (χ4v) is 3.44. The number of hydrogen-bond donors (Lipinski definition) is 0. The van der Waals surface area contributed by atoms with Crippen molar-refractivity contribution in [3.05, 3.63) is 5.56 Å². The number of methoxy groups -OCH3 is 2. The van der Waals surface area contributed by atoms with E-state index in [0.717, 1.165) is 0 Å². The monoisotopic (exact) mass is 439 g/mol. The van der Waals surface area contributed by atoms with E-state index in [1.807, 2.05) is 55.4 Å². The van der Waals surface area contributed by atoms with Crippen molar-refractivity contribution in [2.24, 2.45) is 0 Å². The molecule has 31 heavy (non-hydrogen) atoms. The molecule has 1 aromatic rings. The Hall–Kier alpha value is -2.71. The predicted octanol–water partition coefficient (Wildman–Crippen LogP) is 4.64. The molecule has 1 heterocycles. The summed E-state index contributed by atoms with van der Waals surface area (Å²) in [5.74, 6) is 0.261. The number of carbonyl (C=O) groups is 2. The van der Waals surface area contributed by atoms with E-state index in [2.05, 4.69) is 4.98 Å². The minimum Gasteiger partial charge on any atom is -0.489 e. The molecule has 0 spiro atoms. The molecule has 0 saturated carbocycles. The Kier molecular flexibility index (Phi) is 9.40. The minimum atomic E-state index is -0.559. The van der Waals surface area contributed by atoms with Gasteiger partial charge in [-0.3, -0.25) is 0 Å². The second kappa shape index (κ2) is 11.1. The molecule has 0 aliphatic carbocycles. The number of rotatable bonds is 8. The largest absolute Gasteiger partial charge is 0.489 e. The summed E-state index contributed by atoms with van der Waals surface area (Å²) in [4.78, 5) is 33.1. The van der Waals surface area contributed by atoms with Crippen LogP contribution in [0, 0.1) is 6.92 Å². The lowest BCUT2D eigenvalue weighted by Crippen LogP contribution is -2.44. The van der Waals surface area contributed by atoms with Gasteiger partial charge in [0, 0.05) is 24.2 Å². The van der Waals surface area contributed by atoms with Crippen LogP contribution in [0.4, 0.5) is 9.59 Å². The molecule has 176 valence electrons. The van der Waals surface area contributed by atoms with E-state index >= 15 is 0 Å². The second-order valence-corrected chi connectivity index (χ2v) is 8.34. The first-order valence-corrected chi connectivity index (χ1v) is 10.5. The lowest BCUT2D eigenvalue weighted by atomic mass is 10.2. The van der Waals surface area contributed by atoms with Crippen LogP contribution in [0.3, 0.4) is 0 Å². The van der Waals surface area contributed by atoms with Crippen LogP contribution in [0.1, 0.15) is 61.0 Å². The second-order valence-electron chi connectivity index (χ2n) is 8.34. The van der Waals surface area contributed by atoms with Crippen molar-refractivity contribution in [3.63, 3.8) is 0 Å². The molecule has 9 heteroatoms. The summed E-state index contributed by atoms with van der Waals surface area (Å²) in [7, 11) is 2.82. The van der Waals surface area contributed by atoms with Gasteiger partial charge in [-0.1, -0.05) is 0 Å². The van der Waals surface area contributed by atoms with Crippen LogP contribution in [-0.2, 0) is 0 Å². The van der Waals surface area contributed by atoms with Crippen molar-refractivity contribution in [3.8, 4) is 23.3 Å². The third kappa shape index (κ3) is 6.15. The van der Waals surface area contributed by atoms with Crippen LogP contribution in [0.15, 0.2) is 0 Å². The quantitative estimate of drug-likeness (QED) is 0.583. The highest BCUT2D eigenvalue weighted by atomic mass is 16.6. The summed E-state index contributed by atoms with van der Waals surface area (Å²) in [5, 5.41) is 0. The predicted molar refractivity (Wildman–Crippen MR) is 118 cm³/mol. The van der Waals surface area contributed by atoms with Crippen LogP contribution in [0.2, 0.25) is 0 Å². The van der Waals surface area contributed by atoms with E-state index in [9.17, 15) is 9.59 Å². The van der Waals surface area contributed by atoms with Crippen molar-refractivity contribution in [1.29, 1.82) is 0 Å². The first kappa shape index (κ1) is 26.3. The van der Waals surface area contributed by atoms with E-state index in [1.54, 1.807) is 16.7 Å². The average molecular weight is 440 g/mol. The first-order valence-electron chi connectivity index (χ1n) is 10.5. The zero-order valence-corrected chi connectivity index (χ0v) is 20.6. The summed E-state index contributed by atoms with van der Waals surface area (Å²) in [6.07, 6.45) is -1.11. The van der Waals surface area contributed by atoms with Gasteiger partial charge in [-0.25, -0.2) is 9.59 Å². The van der Waals surface area contributed by atoms with E-state index in [1.165, 1.54) is 14.2 Å². The van der Waals surface area contributed by atoms with Gasteiger partial charge >= 0.3 is 12.2 Å². The van der Waals surface area contributed by atoms with Crippen LogP contribution in [0.5, 0.6) is 23.3 Å². The number of ether oxygens (including phenoxy) is 4. The number of carbonyl (C=O) groups excluding carboxylic acids is 2. The fourth-order valence-electron chi connectivity index (χ4n) is 3.44. The van der Waals surface area contributed by atoms with Gasteiger partial charge in [0.25, 0.3) is 5.88 Å². The number of pyridine rings is 1. The van der Waals surface area contributed by atoms with E-state index < -0.39 is 12.2 Å². The van der Waals surface area contributed by atoms with Gasteiger partial charge < -0.3 is 28.7 Å². The van der Waals surface area contributed by atoms with Crippen LogP contribution in [0.25, 0.3) is 0 Å². The van der Waals surface area contributed by atoms with Crippen LogP contribution in [-0.4, -0.2) is 65.4 Å². The Bertz CT molecular complexity index is 761. The van der Waals surface area contributed by atoms with Crippen molar-refractivity contribution >= 4 is 12.2 Å². The van der Waals surface area contributed by atoms with E-state index in [0.29, 0.717) is 5.56 Å². The summed E-state index contributed by atoms with van der Waals surface area (Å²) >= 11 is 0. The molecule has 1 aromatic heterocycles. The Morgan fingerprint density at radius 1 is 0.677 bits per heavy atom. The molecular weight excluding hydrogens is 402 g/mol. The molecule has 0 bridgehead atoms. The van der Waals surface area contributed by atoms with Gasteiger partial charge in [-0.05, 0) is 62.3 Å².